The van der Waals surface area contributed by atoms with Crippen LogP contribution in [0.25, 0.3) is 11.1 Å². The first-order valence-electron chi connectivity index (χ1n) is 8.02. The van der Waals surface area contributed by atoms with Gasteiger partial charge in [0.2, 0.25) is 0 Å². The van der Waals surface area contributed by atoms with Gasteiger partial charge in [0, 0.05) is 25.1 Å². The molecule has 8 nitrogen and oxygen atoms in total. The lowest BCUT2D eigenvalue weighted by molar-refractivity contribution is -0.384. The molecule has 1 heterocycles. The van der Waals surface area contributed by atoms with Gasteiger partial charge in [0.25, 0.3) is 5.69 Å². The third kappa shape index (κ3) is 3.97. The summed E-state index contributed by atoms with van der Waals surface area (Å²) in [6, 6.07) is 13.0. The highest BCUT2D eigenvalue weighted by molar-refractivity contribution is 5.72. The van der Waals surface area contributed by atoms with Crippen molar-refractivity contribution in [3.8, 4) is 0 Å². The molecule has 8 heteroatoms. The van der Waals surface area contributed by atoms with Crippen molar-refractivity contribution in [1.82, 2.24) is 4.57 Å². The van der Waals surface area contributed by atoms with Crippen LogP contribution in [0.2, 0.25) is 0 Å². The molecule has 0 radical (unpaired) electrons. The minimum absolute atomic E-state index is 0.0326. The number of nitro benzene ring substituents is 1. The van der Waals surface area contributed by atoms with Crippen LogP contribution < -0.4 is 5.76 Å². The highest BCUT2D eigenvalue weighted by Gasteiger charge is 2.11. The highest BCUT2D eigenvalue weighted by Crippen LogP contribution is 2.15. The topological polar surface area (TPSA) is 105 Å². The van der Waals surface area contributed by atoms with Crippen molar-refractivity contribution in [2.45, 2.75) is 26.0 Å². The summed E-state index contributed by atoms with van der Waals surface area (Å²) in [5, 5.41) is 10.7. The van der Waals surface area contributed by atoms with E-state index in [0.29, 0.717) is 29.6 Å². The molecule has 0 fully saturated rings. The third-order valence-corrected chi connectivity index (χ3v) is 3.86. The molecule has 0 saturated heterocycles. The summed E-state index contributed by atoms with van der Waals surface area (Å²) in [7, 11) is 0. The number of ether oxygens (including phenoxy) is 1. The summed E-state index contributed by atoms with van der Waals surface area (Å²) in [6.07, 6.45) is 0.540. The van der Waals surface area contributed by atoms with Gasteiger partial charge in [-0.05, 0) is 24.1 Å². The van der Waals surface area contributed by atoms with E-state index in [1.807, 2.05) is 0 Å². The van der Waals surface area contributed by atoms with Gasteiger partial charge in [0.15, 0.2) is 5.58 Å². The van der Waals surface area contributed by atoms with Gasteiger partial charge in [0.1, 0.15) is 6.61 Å². The van der Waals surface area contributed by atoms with Crippen molar-refractivity contribution in [3.63, 3.8) is 0 Å². The van der Waals surface area contributed by atoms with Crippen LogP contribution in [0.4, 0.5) is 5.69 Å². The van der Waals surface area contributed by atoms with Crippen molar-refractivity contribution in [1.29, 1.82) is 0 Å². The van der Waals surface area contributed by atoms with Gasteiger partial charge in [-0.15, -0.1) is 0 Å². The number of non-ortho nitro benzene ring substituents is 1. The van der Waals surface area contributed by atoms with Crippen molar-refractivity contribution in [3.05, 3.63) is 74.8 Å². The van der Waals surface area contributed by atoms with E-state index in [4.69, 9.17) is 9.15 Å². The molecular weight excluding hydrogens is 340 g/mol. The Morgan fingerprint density at radius 3 is 2.81 bits per heavy atom. The number of carbonyl (C=O) groups excluding carboxylic acids is 1. The second-order valence-corrected chi connectivity index (χ2v) is 5.68. The summed E-state index contributed by atoms with van der Waals surface area (Å²) >= 11 is 0. The molecule has 0 bridgehead atoms. The average molecular weight is 356 g/mol. The fraction of sp³-hybridized carbons (Fsp3) is 0.222. The fourth-order valence-electron chi connectivity index (χ4n) is 2.60. The van der Waals surface area contributed by atoms with Gasteiger partial charge in [-0.1, -0.05) is 24.3 Å². The van der Waals surface area contributed by atoms with Crippen LogP contribution in [0, 0.1) is 10.1 Å². The van der Waals surface area contributed by atoms with E-state index in [1.165, 1.54) is 22.8 Å². The maximum Gasteiger partial charge on any atom is 0.419 e. The van der Waals surface area contributed by atoms with Crippen LogP contribution in [-0.2, 0) is 22.7 Å². The first-order valence-corrected chi connectivity index (χ1v) is 8.02. The van der Waals surface area contributed by atoms with Crippen molar-refractivity contribution < 1.29 is 18.9 Å². The molecule has 0 N–H and O–H groups in total. The lowest BCUT2D eigenvalue weighted by Crippen LogP contribution is -2.15. The van der Waals surface area contributed by atoms with E-state index >= 15 is 0 Å². The van der Waals surface area contributed by atoms with Crippen LogP contribution >= 0.6 is 0 Å². The van der Waals surface area contributed by atoms with Crippen molar-refractivity contribution >= 4 is 22.8 Å². The predicted octanol–water partition coefficient (Wildman–Crippen LogP) is 3.03. The molecule has 0 aliphatic rings. The molecule has 3 aromatic rings. The Balaban J connectivity index is 1.51. The summed E-state index contributed by atoms with van der Waals surface area (Å²) in [4.78, 5) is 33.9. The van der Waals surface area contributed by atoms with Crippen LogP contribution in [0.5, 0.6) is 0 Å². The molecule has 1 aromatic heterocycles. The third-order valence-electron chi connectivity index (χ3n) is 3.86. The van der Waals surface area contributed by atoms with Gasteiger partial charge < -0.3 is 9.15 Å². The van der Waals surface area contributed by atoms with E-state index in [2.05, 4.69) is 0 Å². The molecule has 0 atom stereocenters. The quantitative estimate of drug-likeness (QED) is 0.366. The first-order chi connectivity index (χ1) is 12.5. The van der Waals surface area contributed by atoms with Gasteiger partial charge in [0.05, 0.1) is 10.4 Å². The van der Waals surface area contributed by atoms with Crippen LogP contribution in [0.3, 0.4) is 0 Å². The SMILES string of the molecule is O=C(CCCn1c(=O)oc2ccccc21)OCc1cccc([N+](=O)[O-])c1. The van der Waals surface area contributed by atoms with E-state index in [9.17, 15) is 19.7 Å². The summed E-state index contributed by atoms with van der Waals surface area (Å²) in [6.45, 7) is 0.302. The predicted molar refractivity (Wildman–Crippen MR) is 92.6 cm³/mol. The zero-order valence-corrected chi connectivity index (χ0v) is 13.8. The second-order valence-electron chi connectivity index (χ2n) is 5.68. The number of carbonyl (C=O) groups is 1. The Hall–Kier alpha value is -3.42. The van der Waals surface area contributed by atoms with Gasteiger partial charge in [-0.25, -0.2) is 4.79 Å². The normalized spacial score (nSPS) is 10.8. The second kappa shape index (κ2) is 7.64. The highest BCUT2D eigenvalue weighted by atomic mass is 16.6. The maximum absolute atomic E-state index is 11.8. The number of nitrogens with zero attached hydrogens (tertiary/aromatic N) is 2. The lowest BCUT2D eigenvalue weighted by Gasteiger charge is -2.05. The zero-order valence-electron chi connectivity index (χ0n) is 13.8. The number of nitro groups is 1. The number of esters is 1. The molecule has 0 aliphatic heterocycles. The Morgan fingerprint density at radius 1 is 1.19 bits per heavy atom. The Kier molecular flexibility index (Phi) is 5.12. The van der Waals surface area contributed by atoms with Crippen LogP contribution in [0.1, 0.15) is 18.4 Å². The number of hydrogen-bond acceptors (Lipinski definition) is 6. The van der Waals surface area contributed by atoms with Crippen molar-refractivity contribution in [2.75, 3.05) is 0 Å². The molecule has 0 spiro atoms. The molecule has 0 amide bonds. The van der Waals surface area contributed by atoms with Gasteiger partial charge >= 0.3 is 11.7 Å². The first kappa shape index (κ1) is 17.4. The smallest absolute Gasteiger partial charge is 0.419 e. The Morgan fingerprint density at radius 2 is 2.00 bits per heavy atom. The van der Waals surface area contributed by atoms with Crippen molar-refractivity contribution in [2.24, 2.45) is 0 Å². The minimum Gasteiger partial charge on any atom is -0.461 e. The molecule has 0 aliphatic carbocycles. The lowest BCUT2D eigenvalue weighted by atomic mass is 10.2. The maximum atomic E-state index is 11.8. The summed E-state index contributed by atoms with van der Waals surface area (Å²) in [5.74, 6) is -0.895. The van der Waals surface area contributed by atoms with E-state index < -0.39 is 16.6 Å². The number of rotatable bonds is 7. The molecule has 26 heavy (non-hydrogen) atoms. The average Bonchev–Trinajstić information content (AvgIpc) is 2.96. The number of hydrogen-bond donors (Lipinski definition) is 0. The van der Waals surface area contributed by atoms with Gasteiger partial charge in [-0.2, -0.15) is 0 Å². The standard InChI is InChI=1S/C18H16N2O6/c21-17(25-12-13-5-3-6-14(11-13)20(23)24)9-4-10-19-15-7-1-2-8-16(15)26-18(19)22/h1-3,5-8,11H,4,9-10,12H2. The molecular formula is C18H16N2O6. The van der Waals surface area contributed by atoms with E-state index in [1.54, 1.807) is 30.3 Å². The monoisotopic (exact) mass is 356 g/mol. The minimum atomic E-state index is -0.502. The fourth-order valence-corrected chi connectivity index (χ4v) is 2.60. The summed E-state index contributed by atoms with van der Waals surface area (Å²) in [5.41, 5.74) is 1.68. The molecule has 2 aromatic carbocycles. The Bertz CT molecular complexity index is 1000. The van der Waals surface area contributed by atoms with Crippen LogP contribution in [0.15, 0.2) is 57.7 Å². The molecule has 0 saturated carbocycles. The number of para-hydroxylation sites is 2. The molecule has 0 unspecified atom stereocenters. The molecule has 134 valence electrons. The Labute approximate surface area is 147 Å². The summed E-state index contributed by atoms with van der Waals surface area (Å²) < 4.78 is 11.7. The largest absolute Gasteiger partial charge is 0.461 e. The number of oxazole rings is 1. The zero-order chi connectivity index (χ0) is 18.5. The number of fused-ring (bicyclic) bond motifs is 1. The number of aryl methyl sites for hydroxylation is 1. The van der Waals surface area contributed by atoms with E-state index in [0.717, 1.165) is 0 Å². The number of aromatic nitrogens is 1. The van der Waals surface area contributed by atoms with Crippen LogP contribution in [-0.4, -0.2) is 15.5 Å². The van der Waals surface area contributed by atoms with E-state index in [-0.39, 0.29) is 18.7 Å². The number of benzene rings is 2. The molecule has 3 rings (SSSR count). The van der Waals surface area contributed by atoms with Gasteiger partial charge in [-0.3, -0.25) is 19.5 Å².